The Bertz CT molecular complexity index is 663. The summed E-state index contributed by atoms with van der Waals surface area (Å²) in [5, 5.41) is 4.23. The van der Waals surface area contributed by atoms with Gasteiger partial charge in [0.1, 0.15) is 0 Å². The summed E-state index contributed by atoms with van der Waals surface area (Å²) in [5.74, 6) is 0.0485. The van der Waals surface area contributed by atoms with Crippen LogP contribution in [0.3, 0.4) is 0 Å². The molecule has 0 atom stereocenters. The maximum Gasteiger partial charge on any atom is 0.224 e. The topological polar surface area (TPSA) is 42.0 Å². The van der Waals surface area contributed by atoms with Crippen molar-refractivity contribution in [3.8, 4) is 0 Å². The fraction of sp³-hybridized carbons (Fsp3) is 0.474. The third-order valence-corrected chi connectivity index (χ3v) is 3.52. The van der Waals surface area contributed by atoms with Gasteiger partial charge in [-0.1, -0.05) is 45.0 Å². The third-order valence-electron chi connectivity index (χ3n) is 3.52. The molecule has 1 N–H and O–H groups in total. The van der Waals surface area contributed by atoms with E-state index in [1.807, 2.05) is 30.3 Å². The summed E-state index contributed by atoms with van der Waals surface area (Å²) in [4.78, 5) is 16.8. The molecule has 0 aliphatic heterocycles. The molecule has 0 spiro atoms. The molecule has 3 heteroatoms. The highest BCUT2D eigenvalue weighted by Crippen LogP contribution is 2.27. The molecule has 3 nitrogen and oxygen atoms in total. The van der Waals surface area contributed by atoms with Crippen molar-refractivity contribution in [2.45, 2.75) is 53.0 Å². The molecule has 0 saturated heterocycles. The molecule has 0 unspecified atom stereocenters. The van der Waals surface area contributed by atoms with Crippen molar-refractivity contribution < 1.29 is 4.79 Å². The van der Waals surface area contributed by atoms with E-state index < -0.39 is 0 Å². The zero-order valence-electron chi connectivity index (χ0n) is 14.2. The molecule has 1 amide bonds. The summed E-state index contributed by atoms with van der Waals surface area (Å²) in [6, 6.07) is 9.91. The maximum absolute atomic E-state index is 12.4. The van der Waals surface area contributed by atoms with Gasteiger partial charge in [-0.2, -0.15) is 0 Å². The Morgan fingerprint density at radius 3 is 2.45 bits per heavy atom. The Kier molecular flexibility index (Phi) is 4.55. The van der Waals surface area contributed by atoms with Crippen molar-refractivity contribution in [2.75, 3.05) is 0 Å². The lowest BCUT2D eigenvalue weighted by Gasteiger charge is -2.33. The molecule has 0 saturated carbocycles. The number of aromatic nitrogens is 1. The Hall–Kier alpha value is -1.90. The van der Waals surface area contributed by atoms with Gasteiger partial charge in [0.05, 0.1) is 11.9 Å². The van der Waals surface area contributed by atoms with E-state index in [2.05, 4.69) is 44.9 Å². The number of hydrogen-bond donors (Lipinski definition) is 1. The van der Waals surface area contributed by atoms with Crippen LogP contribution in [0.1, 0.15) is 46.6 Å². The predicted molar refractivity (Wildman–Crippen MR) is 91.7 cm³/mol. The third kappa shape index (κ3) is 4.55. The summed E-state index contributed by atoms with van der Waals surface area (Å²) in [6.07, 6.45) is 3.06. The van der Waals surface area contributed by atoms with E-state index in [9.17, 15) is 4.79 Å². The quantitative estimate of drug-likeness (QED) is 0.923. The van der Waals surface area contributed by atoms with E-state index in [0.29, 0.717) is 6.42 Å². The summed E-state index contributed by atoms with van der Waals surface area (Å²) < 4.78 is 0. The number of carbonyl (C=O) groups is 1. The number of nitrogens with zero attached hydrogens (tertiary/aromatic N) is 1. The van der Waals surface area contributed by atoms with Crippen molar-refractivity contribution in [1.82, 2.24) is 10.3 Å². The first kappa shape index (κ1) is 16.5. The minimum Gasteiger partial charge on any atom is -0.351 e. The molecule has 0 aliphatic carbocycles. The van der Waals surface area contributed by atoms with E-state index >= 15 is 0 Å². The zero-order valence-corrected chi connectivity index (χ0v) is 14.2. The van der Waals surface area contributed by atoms with E-state index in [0.717, 1.165) is 22.9 Å². The van der Waals surface area contributed by atoms with Gasteiger partial charge < -0.3 is 5.32 Å². The number of nitrogens with one attached hydrogen (secondary N) is 1. The van der Waals surface area contributed by atoms with Gasteiger partial charge in [0, 0.05) is 17.1 Å². The number of para-hydroxylation sites is 1. The number of benzene rings is 1. The maximum atomic E-state index is 12.4. The van der Waals surface area contributed by atoms with Crippen LogP contribution in [-0.2, 0) is 11.2 Å². The summed E-state index contributed by atoms with van der Waals surface area (Å²) in [7, 11) is 0. The van der Waals surface area contributed by atoms with E-state index in [4.69, 9.17) is 0 Å². The molecule has 0 bridgehead atoms. The number of amides is 1. The molecule has 2 rings (SSSR count). The fourth-order valence-electron chi connectivity index (χ4n) is 3.27. The van der Waals surface area contributed by atoms with Crippen molar-refractivity contribution in [2.24, 2.45) is 5.41 Å². The van der Waals surface area contributed by atoms with Crippen LogP contribution in [0.4, 0.5) is 0 Å². The summed E-state index contributed by atoms with van der Waals surface area (Å²) in [6.45, 7) is 10.7. The SMILES string of the molecule is CC(C)(C)CC(C)(C)NC(=O)Cc1cccc2cccnc12. The Balaban J connectivity index is 2.11. The fourth-order valence-corrected chi connectivity index (χ4v) is 3.27. The summed E-state index contributed by atoms with van der Waals surface area (Å²) in [5.41, 5.74) is 1.85. The first-order valence-corrected chi connectivity index (χ1v) is 7.80. The Labute approximate surface area is 133 Å². The van der Waals surface area contributed by atoms with Gasteiger partial charge >= 0.3 is 0 Å². The van der Waals surface area contributed by atoms with Gasteiger partial charge in [-0.25, -0.2) is 0 Å². The molecular weight excluding hydrogens is 272 g/mol. The molecule has 0 radical (unpaired) electrons. The number of hydrogen-bond acceptors (Lipinski definition) is 2. The van der Waals surface area contributed by atoms with Crippen LogP contribution in [0.25, 0.3) is 10.9 Å². The smallest absolute Gasteiger partial charge is 0.224 e. The first-order valence-electron chi connectivity index (χ1n) is 7.80. The van der Waals surface area contributed by atoms with Crippen molar-refractivity contribution in [1.29, 1.82) is 0 Å². The van der Waals surface area contributed by atoms with Crippen molar-refractivity contribution in [3.63, 3.8) is 0 Å². The van der Waals surface area contributed by atoms with E-state index in [1.54, 1.807) is 6.20 Å². The molecule has 0 fully saturated rings. The summed E-state index contributed by atoms with van der Waals surface area (Å²) >= 11 is 0. The van der Waals surface area contributed by atoms with E-state index in [1.165, 1.54) is 0 Å². The van der Waals surface area contributed by atoms with Gasteiger partial charge in [-0.05, 0) is 37.3 Å². The molecule has 0 aliphatic rings. The highest BCUT2D eigenvalue weighted by Gasteiger charge is 2.27. The highest BCUT2D eigenvalue weighted by atomic mass is 16.1. The first-order chi connectivity index (χ1) is 10.2. The number of rotatable bonds is 4. The Morgan fingerprint density at radius 2 is 1.77 bits per heavy atom. The van der Waals surface area contributed by atoms with Gasteiger partial charge in [-0.15, -0.1) is 0 Å². The predicted octanol–water partition coefficient (Wildman–Crippen LogP) is 4.11. The van der Waals surface area contributed by atoms with Crippen LogP contribution in [0.2, 0.25) is 0 Å². The molecule has 1 heterocycles. The van der Waals surface area contributed by atoms with Crippen LogP contribution >= 0.6 is 0 Å². The normalized spacial score (nSPS) is 12.4. The second kappa shape index (κ2) is 6.07. The Morgan fingerprint density at radius 1 is 1.09 bits per heavy atom. The molecule has 22 heavy (non-hydrogen) atoms. The van der Waals surface area contributed by atoms with Gasteiger partial charge in [-0.3, -0.25) is 9.78 Å². The standard InChI is InChI=1S/C19H26N2O/c1-18(2,3)13-19(4,5)21-16(22)12-15-9-6-8-14-10-7-11-20-17(14)15/h6-11H,12-13H2,1-5H3,(H,21,22). The molecule has 2 aromatic rings. The van der Waals surface area contributed by atoms with Crippen LogP contribution in [0.5, 0.6) is 0 Å². The second-order valence-corrected chi connectivity index (χ2v) is 7.84. The minimum atomic E-state index is -0.215. The number of carbonyl (C=O) groups excluding carboxylic acids is 1. The highest BCUT2D eigenvalue weighted by molar-refractivity contribution is 5.87. The van der Waals surface area contributed by atoms with Gasteiger partial charge in [0.2, 0.25) is 5.91 Å². The minimum absolute atomic E-state index is 0.0485. The average Bonchev–Trinajstić information content (AvgIpc) is 2.35. The lowest BCUT2D eigenvalue weighted by molar-refractivity contribution is -0.122. The monoisotopic (exact) mass is 298 g/mol. The van der Waals surface area contributed by atoms with Crippen LogP contribution in [-0.4, -0.2) is 16.4 Å². The largest absolute Gasteiger partial charge is 0.351 e. The lowest BCUT2D eigenvalue weighted by atomic mass is 9.81. The van der Waals surface area contributed by atoms with Crippen LogP contribution in [0.15, 0.2) is 36.5 Å². The van der Waals surface area contributed by atoms with E-state index in [-0.39, 0.29) is 16.9 Å². The van der Waals surface area contributed by atoms with Gasteiger partial charge in [0.25, 0.3) is 0 Å². The van der Waals surface area contributed by atoms with Crippen LogP contribution in [0, 0.1) is 5.41 Å². The lowest BCUT2D eigenvalue weighted by Crippen LogP contribution is -2.46. The van der Waals surface area contributed by atoms with Crippen molar-refractivity contribution >= 4 is 16.8 Å². The molecule has 118 valence electrons. The number of pyridine rings is 1. The average molecular weight is 298 g/mol. The number of fused-ring (bicyclic) bond motifs is 1. The molecular formula is C19H26N2O. The molecule has 1 aromatic heterocycles. The van der Waals surface area contributed by atoms with Crippen molar-refractivity contribution in [3.05, 3.63) is 42.1 Å². The van der Waals surface area contributed by atoms with Crippen LogP contribution < -0.4 is 5.32 Å². The second-order valence-electron chi connectivity index (χ2n) is 7.84. The zero-order chi connectivity index (χ0) is 16.4. The molecule has 1 aromatic carbocycles. The van der Waals surface area contributed by atoms with Gasteiger partial charge in [0.15, 0.2) is 0 Å².